The van der Waals surface area contributed by atoms with Crippen molar-refractivity contribution < 1.29 is 40.7 Å². The third-order valence-corrected chi connectivity index (χ3v) is 9.30. The number of ether oxygens (including phenoxy) is 1. The molecule has 15 heteroatoms. The highest BCUT2D eigenvalue weighted by atomic mass is 19.4. The molecule has 0 saturated carbocycles. The Morgan fingerprint density at radius 1 is 0.741 bits per heavy atom. The van der Waals surface area contributed by atoms with E-state index in [2.05, 4.69) is 21.4 Å². The van der Waals surface area contributed by atoms with Gasteiger partial charge in [0, 0.05) is 53.6 Å². The second kappa shape index (κ2) is 13.7. The summed E-state index contributed by atoms with van der Waals surface area (Å²) in [6.45, 7) is 3.87. The Bertz CT molecular complexity index is 2610. The third-order valence-electron chi connectivity index (χ3n) is 9.30. The number of aryl methyl sites for hydroxylation is 2. The summed E-state index contributed by atoms with van der Waals surface area (Å²) in [7, 11) is 0. The van der Waals surface area contributed by atoms with Crippen LogP contribution in [0.2, 0.25) is 0 Å². The topological polar surface area (TPSA) is 125 Å². The van der Waals surface area contributed by atoms with Crippen molar-refractivity contribution in [1.29, 1.82) is 10.5 Å². The van der Waals surface area contributed by atoms with E-state index in [-0.39, 0.29) is 34.3 Å². The maximum Gasteiger partial charge on any atom is 0.573 e. The Morgan fingerprint density at radius 2 is 1.43 bits per heavy atom. The monoisotopic (exact) mass is 740 g/mol. The first-order chi connectivity index (χ1) is 25.8. The number of nitrogens with one attached hydrogen (secondary N) is 2. The zero-order valence-electron chi connectivity index (χ0n) is 28.2. The van der Waals surface area contributed by atoms with Gasteiger partial charge < -0.3 is 24.5 Å². The first-order valence-corrected chi connectivity index (χ1v) is 16.5. The van der Waals surface area contributed by atoms with Crippen LogP contribution in [-0.2, 0) is 13.1 Å². The van der Waals surface area contributed by atoms with E-state index in [4.69, 9.17) is 0 Å². The van der Waals surface area contributed by atoms with Crippen LogP contribution in [0.5, 0.6) is 5.75 Å². The minimum absolute atomic E-state index is 0.159. The molecule has 0 saturated heterocycles. The van der Waals surface area contributed by atoms with Gasteiger partial charge in [-0.1, -0.05) is 12.1 Å². The van der Waals surface area contributed by atoms with Crippen molar-refractivity contribution >= 4 is 33.6 Å². The number of halogens is 6. The van der Waals surface area contributed by atoms with Crippen LogP contribution in [0.15, 0.2) is 66.7 Å². The molecule has 2 N–H and O–H groups in total. The van der Waals surface area contributed by atoms with E-state index in [0.29, 0.717) is 65.2 Å². The van der Waals surface area contributed by atoms with Crippen molar-refractivity contribution in [1.82, 2.24) is 19.8 Å². The van der Waals surface area contributed by atoms with Crippen molar-refractivity contribution in [2.75, 3.05) is 13.1 Å². The largest absolute Gasteiger partial charge is 0.573 e. The van der Waals surface area contributed by atoms with E-state index in [1.54, 1.807) is 28.8 Å². The second-order valence-electron chi connectivity index (χ2n) is 12.6. The molecule has 8 rings (SSSR count). The lowest BCUT2D eigenvalue weighted by Crippen LogP contribution is -2.34. The summed E-state index contributed by atoms with van der Waals surface area (Å²) in [6.07, 6.45) is -4.02. The summed E-state index contributed by atoms with van der Waals surface area (Å²) in [5, 5.41) is 25.6. The number of carbonyl (C=O) groups excluding carboxylic acids is 2. The highest BCUT2D eigenvalue weighted by molar-refractivity contribution is 6.07. The van der Waals surface area contributed by atoms with Crippen LogP contribution in [0.3, 0.4) is 0 Å². The second-order valence-corrected chi connectivity index (χ2v) is 12.6. The Morgan fingerprint density at radius 3 is 2.13 bits per heavy atom. The molecule has 0 unspecified atom stereocenters. The van der Waals surface area contributed by atoms with E-state index >= 15 is 0 Å². The third kappa shape index (κ3) is 6.34. The van der Waals surface area contributed by atoms with E-state index in [0.717, 1.165) is 35.0 Å². The molecular formula is C39H26F6N6O3. The average molecular weight is 741 g/mol. The standard InChI is InChI=1S/C21H16F3N3O2.C18H10F3N3O/c1-12-16-9-13(11-25)10-17(14-3-5-15(6-4-14)29-21(22,23)24)19(16)27-8-2-7-26-20(28)18(12)27;19-13-2-1-11(15(20)16(13)21)12-6-9(8-22)5-10-7-14-18(25)23-3-4-24(14)17(10)12/h3-6,9-10H,2,7-8H2,1H3,(H,26,28);1-2,5-7H,3-4H2,(H,23,25). The molecule has 2 aliphatic heterocycles. The van der Waals surface area contributed by atoms with Crippen LogP contribution in [0.4, 0.5) is 26.3 Å². The number of nitriles is 2. The van der Waals surface area contributed by atoms with Gasteiger partial charge in [0.1, 0.15) is 17.1 Å². The molecule has 9 nitrogen and oxygen atoms in total. The Balaban J connectivity index is 0.000000168. The van der Waals surface area contributed by atoms with E-state index in [9.17, 15) is 46.5 Å². The van der Waals surface area contributed by atoms with E-state index in [1.165, 1.54) is 30.3 Å². The van der Waals surface area contributed by atoms with Gasteiger partial charge in [-0.15, -0.1) is 13.2 Å². The SMILES string of the molecule is Cc1c2n(c3c(-c4ccc(OC(F)(F)F)cc4)cc(C#N)cc13)CCCNC2=O.N#Cc1cc(-c2ccc(F)c(F)c2F)c2c(c1)cc1n2CCNC1=O. The summed E-state index contributed by atoms with van der Waals surface area (Å²) in [5.74, 6) is -4.96. The van der Waals surface area contributed by atoms with Gasteiger partial charge in [-0.2, -0.15) is 10.5 Å². The van der Waals surface area contributed by atoms with Crippen LogP contribution in [0.25, 0.3) is 44.1 Å². The molecule has 54 heavy (non-hydrogen) atoms. The lowest BCUT2D eigenvalue weighted by Gasteiger charge is -2.18. The molecular weight excluding hydrogens is 714 g/mol. The average Bonchev–Trinajstić information content (AvgIpc) is 3.59. The molecule has 2 aliphatic rings. The van der Waals surface area contributed by atoms with Gasteiger partial charge in [0.15, 0.2) is 17.5 Å². The van der Waals surface area contributed by atoms with Crippen LogP contribution < -0.4 is 15.4 Å². The number of amides is 2. The summed E-state index contributed by atoms with van der Waals surface area (Å²) in [4.78, 5) is 24.6. The number of fused-ring (bicyclic) bond motifs is 6. The fourth-order valence-electron chi connectivity index (χ4n) is 7.02. The molecule has 0 aliphatic carbocycles. The van der Waals surface area contributed by atoms with Gasteiger partial charge in [0.25, 0.3) is 11.8 Å². The molecule has 0 spiro atoms. The van der Waals surface area contributed by atoms with Gasteiger partial charge in [-0.3, -0.25) is 9.59 Å². The maximum absolute atomic E-state index is 14.3. The molecule has 4 heterocycles. The predicted octanol–water partition coefficient (Wildman–Crippen LogP) is 7.86. The number of benzene rings is 4. The molecule has 272 valence electrons. The number of nitrogens with zero attached hydrogens (tertiary/aromatic N) is 4. The Labute approximate surface area is 302 Å². The van der Waals surface area contributed by atoms with Crippen molar-refractivity contribution in [3.8, 4) is 40.1 Å². The van der Waals surface area contributed by atoms with E-state index in [1.807, 2.05) is 17.6 Å². The predicted molar refractivity (Wildman–Crippen MR) is 185 cm³/mol. The van der Waals surface area contributed by atoms with Crippen molar-refractivity contribution in [2.45, 2.75) is 32.8 Å². The number of aromatic nitrogens is 2. The normalized spacial score (nSPS) is 13.8. The number of rotatable bonds is 3. The van der Waals surface area contributed by atoms with Gasteiger partial charge in [0.2, 0.25) is 0 Å². The Kier molecular flexibility index (Phi) is 9.03. The zero-order chi connectivity index (χ0) is 38.5. The van der Waals surface area contributed by atoms with Crippen molar-refractivity contribution in [3.63, 3.8) is 0 Å². The van der Waals surface area contributed by atoms with Crippen LogP contribution in [0.1, 0.15) is 44.1 Å². The zero-order valence-corrected chi connectivity index (χ0v) is 28.2. The summed E-state index contributed by atoms with van der Waals surface area (Å²) in [5.41, 5.74) is 5.03. The number of carbonyl (C=O) groups is 2. The summed E-state index contributed by atoms with van der Waals surface area (Å²) >= 11 is 0. The fraction of sp³-hybridized carbons (Fsp3) is 0.179. The molecule has 2 amide bonds. The smallest absolute Gasteiger partial charge is 0.406 e. The molecule has 6 aromatic rings. The first kappa shape index (κ1) is 35.7. The van der Waals surface area contributed by atoms with Gasteiger partial charge in [-0.05, 0) is 79.1 Å². The fourth-order valence-corrected chi connectivity index (χ4v) is 7.02. The summed E-state index contributed by atoms with van der Waals surface area (Å²) < 4.78 is 86.2. The lowest BCUT2D eigenvalue weighted by molar-refractivity contribution is -0.274. The number of alkyl halides is 3. The summed E-state index contributed by atoms with van der Waals surface area (Å²) in [6, 6.07) is 19.6. The molecule has 0 atom stereocenters. The maximum atomic E-state index is 14.3. The molecule has 0 fully saturated rings. The lowest BCUT2D eigenvalue weighted by atomic mass is 9.98. The van der Waals surface area contributed by atoms with Crippen LogP contribution >= 0.6 is 0 Å². The minimum atomic E-state index is -4.77. The first-order valence-electron chi connectivity index (χ1n) is 16.5. The van der Waals surface area contributed by atoms with Crippen LogP contribution in [-0.4, -0.2) is 40.4 Å². The van der Waals surface area contributed by atoms with Crippen molar-refractivity contribution in [2.24, 2.45) is 0 Å². The number of hydrogen-bond acceptors (Lipinski definition) is 5. The highest BCUT2D eigenvalue weighted by Gasteiger charge is 2.31. The molecule has 4 aromatic carbocycles. The molecule has 0 bridgehead atoms. The quantitative estimate of drug-likeness (QED) is 0.141. The highest BCUT2D eigenvalue weighted by Crippen LogP contribution is 2.38. The van der Waals surface area contributed by atoms with Crippen molar-refractivity contribution in [3.05, 3.63) is 112 Å². The number of hydrogen-bond donors (Lipinski definition) is 2. The molecule has 0 radical (unpaired) electrons. The van der Waals surface area contributed by atoms with Gasteiger partial charge >= 0.3 is 6.36 Å². The van der Waals surface area contributed by atoms with Gasteiger partial charge in [0.05, 0.1) is 34.3 Å². The van der Waals surface area contributed by atoms with Crippen LogP contribution in [0, 0.1) is 47.0 Å². The van der Waals surface area contributed by atoms with E-state index < -0.39 is 23.8 Å². The molecule has 2 aromatic heterocycles. The Hall–Kier alpha value is -6.74. The minimum Gasteiger partial charge on any atom is -0.406 e. The van der Waals surface area contributed by atoms with Gasteiger partial charge in [-0.25, -0.2) is 13.2 Å².